The van der Waals surface area contributed by atoms with Crippen molar-refractivity contribution in [2.24, 2.45) is 0 Å². The molecule has 0 aliphatic rings. The van der Waals surface area contributed by atoms with Gasteiger partial charge >= 0.3 is 0 Å². The number of imide groups is 1. The summed E-state index contributed by atoms with van der Waals surface area (Å²) < 4.78 is 0. The standard InChI is InChI=1S/C8H11NO4/c1-3-6(11)9(7(12)4-2)8(13)5-10/h3-4,8,10,13H,1-2,5H2. The first-order valence-corrected chi connectivity index (χ1v) is 3.49. The lowest BCUT2D eigenvalue weighted by Gasteiger charge is -2.21. The Morgan fingerprint density at radius 1 is 1.31 bits per heavy atom. The van der Waals surface area contributed by atoms with Crippen molar-refractivity contribution in [3.63, 3.8) is 0 Å². The average molecular weight is 185 g/mol. The van der Waals surface area contributed by atoms with Crippen LogP contribution in [0.25, 0.3) is 0 Å². The van der Waals surface area contributed by atoms with E-state index in [-0.39, 0.29) is 0 Å². The molecule has 13 heavy (non-hydrogen) atoms. The highest BCUT2D eigenvalue weighted by atomic mass is 16.3. The predicted molar refractivity (Wildman–Crippen MR) is 45.3 cm³/mol. The molecule has 72 valence electrons. The third-order valence-corrected chi connectivity index (χ3v) is 1.29. The lowest BCUT2D eigenvalue weighted by atomic mass is 10.4. The Morgan fingerprint density at radius 3 is 1.92 bits per heavy atom. The zero-order valence-corrected chi connectivity index (χ0v) is 7.01. The molecule has 2 amide bonds. The summed E-state index contributed by atoms with van der Waals surface area (Å²) in [5, 5.41) is 17.6. The van der Waals surface area contributed by atoms with Crippen molar-refractivity contribution in [2.45, 2.75) is 6.23 Å². The molecule has 1 unspecified atom stereocenters. The number of carbonyl (C=O) groups excluding carboxylic acids is 2. The van der Waals surface area contributed by atoms with Crippen LogP contribution < -0.4 is 0 Å². The molecule has 0 aromatic rings. The van der Waals surface area contributed by atoms with Gasteiger partial charge in [0, 0.05) is 0 Å². The molecule has 0 radical (unpaired) electrons. The van der Waals surface area contributed by atoms with Gasteiger partial charge in [-0.1, -0.05) is 13.2 Å². The molecule has 5 heteroatoms. The van der Waals surface area contributed by atoms with Crippen LogP contribution in [0.2, 0.25) is 0 Å². The van der Waals surface area contributed by atoms with Gasteiger partial charge in [0.1, 0.15) is 0 Å². The van der Waals surface area contributed by atoms with Crippen molar-refractivity contribution in [3.05, 3.63) is 25.3 Å². The molecule has 0 aromatic heterocycles. The lowest BCUT2D eigenvalue weighted by Crippen LogP contribution is -2.44. The number of hydrogen-bond donors (Lipinski definition) is 2. The summed E-state index contributed by atoms with van der Waals surface area (Å²) in [6.45, 7) is 5.57. The average Bonchev–Trinajstić information content (AvgIpc) is 2.16. The van der Waals surface area contributed by atoms with E-state index in [2.05, 4.69) is 13.2 Å². The Bertz CT molecular complexity index is 216. The number of amides is 2. The fourth-order valence-electron chi connectivity index (χ4n) is 0.681. The smallest absolute Gasteiger partial charge is 0.255 e. The maximum atomic E-state index is 11.0. The first-order valence-electron chi connectivity index (χ1n) is 3.49. The number of aliphatic hydroxyl groups is 2. The second-order valence-corrected chi connectivity index (χ2v) is 2.12. The number of hydrogen-bond acceptors (Lipinski definition) is 4. The van der Waals surface area contributed by atoms with E-state index in [1.807, 2.05) is 0 Å². The van der Waals surface area contributed by atoms with Crippen molar-refractivity contribution in [1.29, 1.82) is 0 Å². The number of carbonyl (C=O) groups is 2. The van der Waals surface area contributed by atoms with E-state index in [9.17, 15) is 9.59 Å². The van der Waals surface area contributed by atoms with Gasteiger partial charge in [-0.15, -0.1) is 0 Å². The highest BCUT2D eigenvalue weighted by Crippen LogP contribution is 1.99. The van der Waals surface area contributed by atoms with Crippen LogP contribution in [0.15, 0.2) is 25.3 Å². The third-order valence-electron chi connectivity index (χ3n) is 1.29. The summed E-state index contributed by atoms with van der Waals surface area (Å²) in [5.74, 6) is -1.57. The van der Waals surface area contributed by atoms with Gasteiger partial charge in [0.05, 0.1) is 6.61 Å². The summed E-state index contributed by atoms with van der Waals surface area (Å²) in [7, 11) is 0. The second-order valence-electron chi connectivity index (χ2n) is 2.12. The van der Waals surface area contributed by atoms with E-state index in [0.29, 0.717) is 4.90 Å². The van der Waals surface area contributed by atoms with Crippen LogP contribution in [-0.4, -0.2) is 39.8 Å². The fraction of sp³-hybridized carbons (Fsp3) is 0.250. The number of aliphatic hydroxyl groups excluding tert-OH is 2. The van der Waals surface area contributed by atoms with Crippen LogP contribution in [-0.2, 0) is 9.59 Å². The monoisotopic (exact) mass is 185 g/mol. The zero-order valence-electron chi connectivity index (χ0n) is 7.01. The van der Waals surface area contributed by atoms with Gasteiger partial charge in [0.25, 0.3) is 11.8 Å². The minimum absolute atomic E-state index is 0.458. The SMILES string of the molecule is C=CC(=O)N(C(=O)C=C)C(O)CO. The largest absolute Gasteiger partial charge is 0.392 e. The molecule has 0 aromatic carbocycles. The van der Waals surface area contributed by atoms with Gasteiger partial charge in [-0.05, 0) is 12.2 Å². The molecule has 0 rings (SSSR count). The maximum absolute atomic E-state index is 11.0. The van der Waals surface area contributed by atoms with Crippen molar-refractivity contribution in [3.8, 4) is 0 Å². The molecule has 0 heterocycles. The van der Waals surface area contributed by atoms with Crippen LogP contribution in [0.5, 0.6) is 0 Å². The van der Waals surface area contributed by atoms with E-state index >= 15 is 0 Å². The van der Waals surface area contributed by atoms with Crippen molar-refractivity contribution < 1.29 is 19.8 Å². The maximum Gasteiger partial charge on any atom is 0.255 e. The van der Waals surface area contributed by atoms with Gasteiger partial charge in [0.2, 0.25) is 0 Å². The topological polar surface area (TPSA) is 77.8 Å². The minimum atomic E-state index is -1.56. The van der Waals surface area contributed by atoms with Crippen LogP contribution in [0.3, 0.4) is 0 Å². The molecule has 0 bridgehead atoms. The van der Waals surface area contributed by atoms with E-state index in [0.717, 1.165) is 12.2 Å². The van der Waals surface area contributed by atoms with Gasteiger partial charge in [0.15, 0.2) is 6.23 Å². The number of rotatable bonds is 4. The first kappa shape index (κ1) is 11.5. The number of nitrogens with zero attached hydrogens (tertiary/aromatic N) is 1. The van der Waals surface area contributed by atoms with Gasteiger partial charge in [-0.3, -0.25) is 9.59 Å². The van der Waals surface area contributed by atoms with E-state index in [4.69, 9.17) is 10.2 Å². The van der Waals surface area contributed by atoms with Gasteiger partial charge in [-0.2, -0.15) is 0 Å². The van der Waals surface area contributed by atoms with Crippen LogP contribution in [0.4, 0.5) is 0 Å². The molecule has 1 atom stereocenters. The first-order chi connectivity index (χ1) is 6.08. The zero-order chi connectivity index (χ0) is 10.4. The van der Waals surface area contributed by atoms with Crippen molar-refractivity contribution in [1.82, 2.24) is 4.90 Å². The summed E-state index contributed by atoms with van der Waals surface area (Å²) in [4.78, 5) is 22.4. The van der Waals surface area contributed by atoms with Crippen molar-refractivity contribution in [2.75, 3.05) is 6.61 Å². The molecule has 0 aliphatic carbocycles. The second kappa shape index (κ2) is 5.23. The third kappa shape index (κ3) is 2.81. The Labute approximate surface area is 75.6 Å². The molecule has 0 fully saturated rings. The Balaban J connectivity index is 4.73. The Hall–Kier alpha value is -1.46. The van der Waals surface area contributed by atoms with Gasteiger partial charge in [-0.25, -0.2) is 4.90 Å². The molecular formula is C8H11NO4. The predicted octanol–water partition coefficient (Wildman–Crippen LogP) is -0.976. The van der Waals surface area contributed by atoms with Crippen LogP contribution in [0.1, 0.15) is 0 Å². The minimum Gasteiger partial charge on any atom is -0.392 e. The highest BCUT2D eigenvalue weighted by molar-refractivity contribution is 6.04. The molecule has 2 N–H and O–H groups in total. The fourth-order valence-corrected chi connectivity index (χ4v) is 0.681. The quantitative estimate of drug-likeness (QED) is 0.436. The molecule has 0 spiro atoms. The van der Waals surface area contributed by atoms with Crippen LogP contribution >= 0.6 is 0 Å². The Morgan fingerprint density at radius 2 is 1.69 bits per heavy atom. The molecular weight excluding hydrogens is 174 g/mol. The van der Waals surface area contributed by atoms with Crippen LogP contribution in [0, 0.1) is 0 Å². The highest BCUT2D eigenvalue weighted by Gasteiger charge is 2.23. The summed E-state index contributed by atoms with van der Waals surface area (Å²) in [6.07, 6.45) is 0.164. The summed E-state index contributed by atoms with van der Waals surface area (Å²) in [5.41, 5.74) is 0. The van der Waals surface area contributed by atoms with E-state index in [1.54, 1.807) is 0 Å². The van der Waals surface area contributed by atoms with Crippen molar-refractivity contribution >= 4 is 11.8 Å². The molecule has 0 aliphatic heterocycles. The summed E-state index contributed by atoms with van der Waals surface area (Å²) >= 11 is 0. The summed E-state index contributed by atoms with van der Waals surface area (Å²) in [6, 6.07) is 0. The normalized spacial score (nSPS) is 11.5. The van der Waals surface area contributed by atoms with E-state index < -0.39 is 24.6 Å². The van der Waals surface area contributed by atoms with Gasteiger partial charge < -0.3 is 10.2 Å². The molecule has 5 nitrogen and oxygen atoms in total. The molecule has 0 saturated carbocycles. The lowest BCUT2D eigenvalue weighted by molar-refractivity contribution is -0.152. The van der Waals surface area contributed by atoms with E-state index in [1.165, 1.54) is 0 Å². The molecule has 0 saturated heterocycles. The Kier molecular flexibility index (Phi) is 4.64.